The highest BCUT2D eigenvalue weighted by Crippen LogP contribution is 2.25. The maximum Gasteiger partial charge on any atom is 0.129 e. The van der Waals surface area contributed by atoms with Gasteiger partial charge in [0.1, 0.15) is 6.23 Å². The summed E-state index contributed by atoms with van der Waals surface area (Å²) in [5, 5.41) is 0. The first kappa shape index (κ1) is 10.5. The number of ether oxygens (including phenoxy) is 1. The van der Waals surface area contributed by atoms with E-state index in [-0.39, 0.29) is 12.3 Å². The van der Waals surface area contributed by atoms with Gasteiger partial charge < -0.3 is 9.64 Å². The molecule has 2 unspecified atom stereocenters. The van der Waals surface area contributed by atoms with Crippen molar-refractivity contribution in [2.24, 2.45) is 0 Å². The number of hydrogen-bond acceptors (Lipinski definition) is 3. The number of fused-ring (bicyclic) bond motifs is 1. The Hall–Kier alpha value is -0.980. The predicted molar refractivity (Wildman–Crippen MR) is 60.0 cm³/mol. The second-order valence-electron chi connectivity index (χ2n) is 4.23. The Labute approximate surface area is 91.7 Å². The average Bonchev–Trinajstić information content (AvgIpc) is 2.27. The van der Waals surface area contributed by atoms with Crippen molar-refractivity contribution in [3.05, 3.63) is 12.8 Å². The summed E-state index contributed by atoms with van der Waals surface area (Å²) in [6.45, 7) is 8.64. The Balaban J connectivity index is 2.13. The van der Waals surface area contributed by atoms with E-state index in [1.165, 1.54) is 0 Å². The van der Waals surface area contributed by atoms with Crippen molar-refractivity contribution in [1.29, 1.82) is 0 Å². The summed E-state index contributed by atoms with van der Waals surface area (Å²) in [5.41, 5.74) is 0. The molecule has 3 atom stereocenters. The van der Waals surface area contributed by atoms with E-state index in [0.29, 0.717) is 6.04 Å². The van der Waals surface area contributed by atoms with Crippen LogP contribution in [0, 0.1) is 12.3 Å². The summed E-state index contributed by atoms with van der Waals surface area (Å²) in [4.78, 5) is 4.52. The molecule has 82 valence electrons. The molecule has 2 aliphatic rings. The maximum absolute atomic E-state index is 5.76. The van der Waals surface area contributed by atoms with E-state index >= 15 is 0 Å². The van der Waals surface area contributed by atoms with Crippen LogP contribution in [0.3, 0.4) is 0 Å². The van der Waals surface area contributed by atoms with Crippen molar-refractivity contribution in [3.63, 3.8) is 0 Å². The van der Waals surface area contributed by atoms with Crippen LogP contribution < -0.4 is 0 Å². The number of rotatable bonds is 1. The smallest absolute Gasteiger partial charge is 0.129 e. The second kappa shape index (κ2) is 4.26. The SMILES string of the molecule is C#C[C@@H]1CCOC2CN(C=C)CC(C)N21. The highest BCUT2D eigenvalue weighted by molar-refractivity contribution is 5.05. The zero-order chi connectivity index (χ0) is 10.8. The molecule has 0 N–H and O–H groups in total. The maximum atomic E-state index is 5.76. The van der Waals surface area contributed by atoms with Crippen LogP contribution in [-0.4, -0.2) is 47.8 Å². The molecule has 2 heterocycles. The molecule has 2 aliphatic heterocycles. The molecule has 0 aromatic carbocycles. The van der Waals surface area contributed by atoms with Crippen molar-refractivity contribution in [1.82, 2.24) is 9.80 Å². The van der Waals surface area contributed by atoms with Crippen molar-refractivity contribution >= 4 is 0 Å². The first-order valence-corrected chi connectivity index (χ1v) is 5.48. The third-order valence-electron chi connectivity index (χ3n) is 3.24. The van der Waals surface area contributed by atoms with E-state index in [9.17, 15) is 0 Å². The molecular weight excluding hydrogens is 188 g/mol. The summed E-state index contributed by atoms with van der Waals surface area (Å²) < 4.78 is 5.76. The van der Waals surface area contributed by atoms with Gasteiger partial charge in [0.15, 0.2) is 0 Å². The van der Waals surface area contributed by atoms with Gasteiger partial charge in [-0.2, -0.15) is 0 Å². The molecule has 2 saturated heterocycles. The molecule has 2 rings (SSSR count). The Morgan fingerprint density at radius 3 is 3.00 bits per heavy atom. The van der Waals surface area contributed by atoms with Crippen molar-refractivity contribution in [3.8, 4) is 12.3 Å². The van der Waals surface area contributed by atoms with Gasteiger partial charge in [-0.25, -0.2) is 0 Å². The third-order valence-corrected chi connectivity index (χ3v) is 3.24. The summed E-state index contributed by atoms with van der Waals surface area (Å²) in [5.74, 6) is 2.87. The van der Waals surface area contributed by atoms with Crippen molar-refractivity contribution < 1.29 is 4.74 Å². The third kappa shape index (κ3) is 1.88. The first-order valence-electron chi connectivity index (χ1n) is 5.48. The molecule has 15 heavy (non-hydrogen) atoms. The average molecular weight is 206 g/mol. The lowest BCUT2D eigenvalue weighted by molar-refractivity contribution is -0.156. The molecule has 3 nitrogen and oxygen atoms in total. The quantitative estimate of drug-likeness (QED) is 0.592. The lowest BCUT2D eigenvalue weighted by Crippen LogP contribution is -2.62. The van der Waals surface area contributed by atoms with Crippen molar-refractivity contribution in [2.75, 3.05) is 19.7 Å². The van der Waals surface area contributed by atoms with Crippen LogP contribution in [0.2, 0.25) is 0 Å². The monoisotopic (exact) mass is 206 g/mol. The second-order valence-corrected chi connectivity index (χ2v) is 4.23. The van der Waals surface area contributed by atoms with Gasteiger partial charge in [-0.15, -0.1) is 6.42 Å². The van der Waals surface area contributed by atoms with Gasteiger partial charge in [-0.3, -0.25) is 4.90 Å². The molecule has 0 bridgehead atoms. The van der Waals surface area contributed by atoms with Gasteiger partial charge in [-0.1, -0.05) is 12.5 Å². The predicted octanol–water partition coefficient (Wildman–Crippen LogP) is 0.884. The van der Waals surface area contributed by atoms with E-state index in [2.05, 4.69) is 29.2 Å². The standard InChI is InChI=1S/C12H18N2O/c1-4-11-6-7-15-12-9-13(5-2)8-10(3)14(11)12/h1,5,10-12H,2,6-9H2,3H3/t10?,11-,12?/m1/s1. The first-order chi connectivity index (χ1) is 7.26. The summed E-state index contributed by atoms with van der Waals surface area (Å²) in [6.07, 6.45) is 8.53. The van der Waals surface area contributed by atoms with E-state index in [0.717, 1.165) is 26.1 Å². The lowest BCUT2D eigenvalue weighted by atomic mass is 10.0. The molecule has 0 aliphatic carbocycles. The fourth-order valence-electron chi connectivity index (χ4n) is 2.52. The van der Waals surface area contributed by atoms with Gasteiger partial charge in [0.25, 0.3) is 0 Å². The highest BCUT2D eigenvalue weighted by atomic mass is 16.5. The highest BCUT2D eigenvalue weighted by Gasteiger charge is 2.38. The molecule has 2 fully saturated rings. The molecule has 0 radical (unpaired) electrons. The number of piperazine rings is 1. The van der Waals surface area contributed by atoms with Gasteiger partial charge in [-0.05, 0) is 19.5 Å². The molecular formula is C12H18N2O. The molecule has 0 spiro atoms. The van der Waals surface area contributed by atoms with Crippen LogP contribution in [0.4, 0.5) is 0 Å². The molecule has 0 aromatic rings. The van der Waals surface area contributed by atoms with Crippen LogP contribution in [0.5, 0.6) is 0 Å². The number of nitrogens with zero attached hydrogens (tertiary/aromatic N) is 2. The molecule has 3 heteroatoms. The van der Waals surface area contributed by atoms with Crippen LogP contribution >= 0.6 is 0 Å². The minimum atomic E-state index is 0.140. The number of terminal acetylenes is 1. The van der Waals surface area contributed by atoms with Gasteiger partial charge in [0.05, 0.1) is 19.2 Å². The van der Waals surface area contributed by atoms with Crippen LogP contribution in [-0.2, 0) is 4.74 Å². The Kier molecular flexibility index (Phi) is 2.99. The zero-order valence-electron chi connectivity index (χ0n) is 9.22. The van der Waals surface area contributed by atoms with Crippen LogP contribution in [0.1, 0.15) is 13.3 Å². The minimum absolute atomic E-state index is 0.140. The Bertz CT molecular complexity index is 284. The Morgan fingerprint density at radius 1 is 1.53 bits per heavy atom. The summed E-state index contributed by atoms with van der Waals surface area (Å²) in [7, 11) is 0. The summed E-state index contributed by atoms with van der Waals surface area (Å²) >= 11 is 0. The summed E-state index contributed by atoms with van der Waals surface area (Å²) in [6, 6.07) is 0.675. The molecule has 0 aromatic heterocycles. The minimum Gasteiger partial charge on any atom is -0.372 e. The van der Waals surface area contributed by atoms with E-state index < -0.39 is 0 Å². The normalized spacial score (nSPS) is 36.8. The van der Waals surface area contributed by atoms with Crippen LogP contribution in [0.15, 0.2) is 12.8 Å². The van der Waals surface area contributed by atoms with E-state index in [1.807, 2.05) is 6.20 Å². The van der Waals surface area contributed by atoms with Gasteiger partial charge >= 0.3 is 0 Å². The fourth-order valence-corrected chi connectivity index (χ4v) is 2.52. The zero-order valence-corrected chi connectivity index (χ0v) is 9.22. The van der Waals surface area contributed by atoms with E-state index in [1.54, 1.807) is 0 Å². The number of hydrogen-bond donors (Lipinski definition) is 0. The van der Waals surface area contributed by atoms with Gasteiger partial charge in [0, 0.05) is 12.6 Å². The van der Waals surface area contributed by atoms with Crippen LogP contribution in [0.25, 0.3) is 0 Å². The van der Waals surface area contributed by atoms with Gasteiger partial charge in [0.2, 0.25) is 0 Å². The van der Waals surface area contributed by atoms with E-state index in [4.69, 9.17) is 11.2 Å². The molecule has 0 saturated carbocycles. The topological polar surface area (TPSA) is 15.7 Å². The molecule has 0 amide bonds. The Morgan fingerprint density at radius 2 is 2.33 bits per heavy atom. The van der Waals surface area contributed by atoms with Crippen molar-refractivity contribution in [2.45, 2.75) is 31.7 Å². The lowest BCUT2D eigenvalue weighted by Gasteiger charge is -2.49. The fraction of sp³-hybridized carbons (Fsp3) is 0.667. The largest absolute Gasteiger partial charge is 0.372 e.